The molecule has 0 saturated heterocycles. The molecule has 34 heavy (non-hydrogen) atoms. The number of anilines is 1. The molecule has 0 radical (unpaired) electrons. The highest BCUT2D eigenvalue weighted by molar-refractivity contribution is 5.94. The number of nitro groups is 1. The maximum absolute atomic E-state index is 13.6. The van der Waals surface area contributed by atoms with E-state index in [1.165, 1.54) is 37.4 Å². The normalized spacial score (nSPS) is 11.6. The number of halogens is 1. The minimum Gasteiger partial charge on any atom is -0.502 e. The molecule has 0 spiro atoms. The summed E-state index contributed by atoms with van der Waals surface area (Å²) in [5, 5.41) is 22.0. The second-order valence-corrected chi connectivity index (χ2v) is 8.22. The largest absolute Gasteiger partial charge is 0.502 e. The molecule has 11 heteroatoms. The third-order valence-electron chi connectivity index (χ3n) is 4.40. The van der Waals surface area contributed by atoms with E-state index in [9.17, 15) is 29.2 Å². The van der Waals surface area contributed by atoms with Gasteiger partial charge in [-0.25, -0.2) is 19.0 Å². The van der Waals surface area contributed by atoms with Gasteiger partial charge in [-0.15, -0.1) is 0 Å². The van der Waals surface area contributed by atoms with Gasteiger partial charge in [0.1, 0.15) is 11.4 Å². The van der Waals surface area contributed by atoms with E-state index in [0.29, 0.717) is 11.1 Å². The van der Waals surface area contributed by atoms with Crippen molar-refractivity contribution in [3.8, 4) is 0 Å². The molecule has 0 aliphatic heterocycles. The fourth-order valence-electron chi connectivity index (χ4n) is 2.92. The number of ether oxygens (including phenoxy) is 2. The number of rotatable bonds is 7. The van der Waals surface area contributed by atoms with Gasteiger partial charge in [0.2, 0.25) is 11.6 Å². The van der Waals surface area contributed by atoms with Crippen LogP contribution < -0.4 is 4.90 Å². The van der Waals surface area contributed by atoms with Crippen LogP contribution in [0.2, 0.25) is 0 Å². The summed E-state index contributed by atoms with van der Waals surface area (Å²) in [5.41, 5.74) is -0.762. The summed E-state index contributed by atoms with van der Waals surface area (Å²) >= 11 is 0. The number of hydrogen-bond acceptors (Lipinski definition) is 8. The van der Waals surface area contributed by atoms with Crippen LogP contribution in [0.5, 0.6) is 0 Å². The molecule has 0 atom stereocenters. The van der Waals surface area contributed by atoms with E-state index in [4.69, 9.17) is 9.47 Å². The predicted molar refractivity (Wildman–Crippen MR) is 122 cm³/mol. The monoisotopic (exact) mass is 475 g/mol. The van der Waals surface area contributed by atoms with Gasteiger partial charge in [0.05, 0.1) is 23.6 Å². The van der Waals surface area contributed by atoms with Crippen LogP contribution in [0.3, 0.4) is 0 Å². The molecule has 2 rings (SSSR count). The summed E-state index contributed by atoms with van der Waals surface area (Å²) in [6.45, 7) is 7.83. The lowest BCUT2D eigenvalue weighted by molar-refractivity contribution is -0.384. The summed E-state index contributed by atoms with van der Waals surface area (Å²) in [4.78, 5) is 41.0. The Morgan fingerprint density at radius 3 is 2.53 bits per heavy atom. The predicted octanol–water partition coefficient (Wildman–Crippen LogP) is 4.84. The molecule has 0 saturated carbocycles. The van der Waals surface area contributed by atoms with Gasteiger partial charge >= 0.3 is 17.7 Å². The van der Waals surface area contributed by atoms with Crippen molar-refractivity contribution in [3.05, 3.63) is 68.8 Å². The number of esters is 1. The van der Waals surface area contributed by atoms with Gasteiger partial charge in [-0.1, -0.05) is 6.07 Å². The fraction of sp³-hybridized carbons (Fsp3) is 0.348. The zero-order valence-electron chi connectivity index (χ0n) is 19.5. The highest BCUT2D eigenvalue weighted by Gasteiger charge is 2.32. The zero-order chi connectivity index (χ0) is 25.6. The van der Waals surface area contributed by atoms with Gasteiger partial charge in [-0.3, -0.25) is 15.0 Å². The molecule has 0 bridgehead atoms. The van der Waals surface area contributed by atoms with Crippen LogP contribution in [0.25, 0.3) is 6.08 Å². The fourth-order valence-corrected chi connectivity index (χ4v) is 2.92. The molecule has 2 aromatic rings. The molecular formula is C23H26FN3O7. The van der Waals surface area contributed by atoms with E-state index in [-0.39, 0.29) is 24.5 Å². The van der Waals surface area contributed by atoms with Crippen molar-refractivity contribution >= 4 is 29.6 Å². The van der Waals surface area contributed by atoms with E-state index in [2.05, 4.69) is 4.98 Å². The molecule has 0 unspecified atom stereocenters. The van der Waals surface area contributed by atoms with Crippen LogP contribution >= 0.6 is 0 Å². The Morgan fingerprint density at radius 2 is 1.97 bits per heavy atom. The summed E-state index contributed by atoms with van der Waals surface area (Å²) in [6.07, 6.45) is 1.11. The lowest BCUT2D eigenvalue weighted by Gasteiger charge is -2.27. The number of aromatic nitrogens is 1. The number of hydrogen-bond donors (Lipinski definition) is 1. The number of aliphatic hydroxyl groups is 1. The van der Waals surface area contributed by atoms with Gasteiger partial charge in [0, 0.05) is 12.3 Å². The van der Waals surface area contributed by atoms with E-state index in [1.807, 2.05) is 0 Å². The van der Waals surface area contributed by atoms with Crippen LogP contribution in [-0.4, -0.2) is 39.3 Å². The standard InChI is InChI=1S/C23H26FN3O7/c1-6-33-21(29)18(28)12-15-9-10-25-20(19(15)27(31)32)26(22(30)34-23(3,4)5)13-16-7-8-17(24)11-14(16)2/h7-12,28H,6,13H2,1-5H3. The second-order valence-electron chi connectivity index (χ2n) is 8.22. The van der Waals surface area contributed by atoms with E-state index < -0.39 is 39.9 Å². The molecule has 1 aromatic heterocycles. The Balaban J connectivity index is 2.67. The van der Waals surface area contributed by atoms with Crippen LogP contribution in [0.1, 0.15) is 44.4 Å². The van der Waals surface area contributed by atoms with Gasteiger partial charge < -0.3 is 14.6 Å². The van der Waals surface area contributed by atoms with Gasteiger partial charge in [0.25, 0.3) is 0 Å². The van der Waals surface area contributed by atoms with Crippen LogP contribution in [0, 0.1) is 22.9 Å². The summed E-state index contributed by atoms with van der Waals surface area (Å²) in [5.74, 6) is -2.79. The SMILES string of the molecule is CCOC(=O)C(O)=Cc1ccnc(N(Cc2ccc(F)cc2C)C(=O)OC(C)(C)C)c1[N+](=O)[O-]. The zero-order valence-corrected chi connectivity index (χ0v) is 19.5. The lowest BCUT2D eigenvalue weighted by atomic mass is 10.1. The summed E-state index contributed by atoms with van der Waals surface area (Å²) in [6, 6.07) is 5.12. The van der Waals surface area contributed by atoms with Crippen LogP contribution in [-0.2, 0) is 20.8 Å². The first-order chi connectivity index (χ1) is 15.8. The molecule has 10 nitrogen and oxygen atoms in total. The average Bonchev–Trinajstić information content (AvgIpc) is 2.71. The third kappa shape index (κ3) is 6.74. The molecule has 1 aromatic carbocycles. The molecule has 0 aliphatic rings. The van der Waals surface area contributed by atoms with Crippen LogP contribution in [0.15, 0.2) is 36.2 Å². The van der Waals surface area contributed by atoms with E-state index in [0.717, 1.165) is 11.0 Å². The average molecular weight is 475 g/mol. The molecule has 0 fully saturated rings. The highest BCUT2D eigenvalue weighted by Crippen LogP contribution is 2.33. The van der Waals surface area contributed by atoms with E-state index >= 15 is 0 Å². The smallest absolute Gasteiger partial charge is 0.416 e. The summed E-state index contributed by atoms with van der Waals surface area (Å²) < 4.78 is 23.7. The number of amides is 1. The number of benzene rings is 1. The van der Waals surface area contributed by atoms with Gasteiger partial charge in [-0.05, 0) is 63.9 Å². The maximum Gasteiger partial charge on any atom is 0.416 e. The molecule has 1 N–H and O–H groups in total. The number of carbonyl (C=O) groups is 2. The Bertz CT molecular complexity index is 1130. The number of carbonyl (C=O) groups excluding carboxylic acids is 2. The third-order valence-corrected chi connectivity index (χ3v) is 4.40. The number of aliphatic hydroxyl groups excluding tert-OH is 1. The number of aryl methyl sites for hydroxylation is 1. The van der Waals surface area contributed by atoms with Crippen molar-refractivity contribution < 1.29 is 33.5 Å². The lowest BCUT2D eigenvalue weighted by Crippen LogP contribution is -2.37. The Kier molecular flexibility index (Phi) is 8.28. The van der Waals surface area contributed by atoms with Crippen molar-refractivity contribution in [1.29, 1.82) is 0 Å². The topological polar surface area (TPSA) is 132 Å². The first kappa shape index (κ1) is 26.2. The Morgan fingerprint density at radius 1 is 1.29 bits per heavy atom. The first-order valence-electron chi connectivity index (χ1n) is 10.3. The quantitative estimate of drug-likeness (QED) is 0.198. The Hall–Kier alpha value is -4.02. The minimum atomic E-state index is -1.07. The second kappa shape index (κ2) is 10.7. The molecule has 0 aliphatic carbocycles. The Labute approximate surface area is 195 Å². The van der Waals surface area contributed by atoms with Gasteiger partial charge in [-0.2, -0.15) is 0 Å². The number of pyridine rings is 1. The molecular weight excluding hydrogens is 449 g/mol. The molecule has 1 amide bonds. The van der Waals surface area contributed by atoms with Crippen molar-refractivity contribution in [3.63, 3.8) is 0 Å². The van der Waals surface area contributed by atoms with E-state index in [1.54, 1.807) is 27.7 Å². The highest BCUT2D eigenvalue weighted by atomic mass is 19.1. The number of nitrogens with zero attached hydrogens (tertiary/aromatic N) is 3. The molecule has 182 valence electrons. The van der Waals surface area contributed by atoms with Crippen molar-refractivity contribution in [1.82, 2.24) is 4.98 Å². The van der Waals surface area contributed by atoms with Crippen molar-refractivity contribution in [2.75, 3.05) is 11.5 Å². The summed E-state index contributed by atoms with van der Waals surface area (Å²) in [7, 11) is 0. The molecule has 1 heterocycles. The van der Waals surface area contributed by atoms with Crippen molar-refractivity contribution in [2.45, 2.75) is 46.8 Å². The first-order valence-corrected chi connectivity index (χ1v) is 10.3. The van der Waals surface area contributed by atoms with Crippen LogP contribution in [0.4, 0.5) is 20.7 Å². The minimum absolute atomic E-state index is 0.0101. The maximum atomic E-state index is 13.6. The van der Waals surface area contributed by atoms with Gasteiger partial charge in [0.15, 0.2) is 0 Å². The van der Waals surface area contributed by atoms with Crippen molar-refractivity contribution in [2.24, 2.45) is 0 Å².